The number of guanidine groups is 1. The van der Waals surface area contributed by atoms with E-state index >= 15 is 0 Å². The van der Waals surface area contributed by atoms with E-state index in [9.17, 15) is 19.2 Å². The Labute approximate surface area is 260 Å². The van der Waals surface area contributed by atoms with Gasteiger partial charge in [0.15, 0.2) is 5.96 Å². The average molecular weight is 613 g/mol. The molecule has 44 heavy (non-hydrogen) atoms. The van der Waals surface area contributed by atoms with Gasteiger partial charge in [0, 0.05) is 67.5 Å². The lowest BCUT2D eigenvalue weighted by Crippen LogP contribution is -2.41. The number of para-hydroxylation sites is 1. The number of fused-ring (bicyclic) bond motifs is 1. The van der Waals surface area contributed by atoms with Gasteiger partial charge in [-0.25, -0.2) is 0 Å². The van der Waals surface area contributed by atoms with Crippen molar-refractivity contribution in [3.05, 3.63) is 36.0 Å². The second-order valence-electron chi connectivity index (χ2n) is 11.8. The van der Waals surface area contributed by atoms with Crippen LogP contribution in [0.5, 0.6) is 0 Å². The van der Waals surface area contributed by atoms with Crippen LogP contribution < -0.4 is 33.2 Å². The second kappa shape index (κ2) is 19.2. The van der Waals surface area contributed by atoms with Crippen LogP contribution in [-0.2, 0) is 25.6 Å². The van der Waals surface area contributed by atoms with Gasteiger partial charge in [0.2, 0.25) is 23.6 Å². The van der Waals surface area contributed by atoms with Crippen LogP contribution >= 0.6 is 0 Å². The van der Waals surface area contributed by atoms with Crippen LogP contribution in [-0.4, -0.2) is 59.2 Å². The number of aromatic amines is 1. The number of carbonyl (C=O) groups is 4. The molecule has 12 nitrogen and oxygen atoms in total. The molecule has 1 aromatic heterocycles. The molecule has 0 fully saturated rings. The first-order chi connectivity index (χ1) is 21.0. The molecule has 12 heteroatoms. The predicted molar refractivity (Wildman–Crippen MR) is 174 cm³/mol. The Kier molecular flexibility index (Phi) is 15.8. The van der Waals surface area contributed by atoms with Crippen molar-refractivity contribution in [3.63, 3.8) is 0 Å². The molecule has 0 radical (unpaired) electrons. The molecule has 3 atom stereocenters. The van der Waals surface area contributed by atoms with Crippen molar-refractivity contribution in [1.29, 1.82) is 0 Å². The fraction of sp³-hybridized carbons (Fsp3) is 0.594. The first-order valence-electron chi connectivity index (χ1n) is 15.7. The van der Waals surface area contributed by atoms with E-state index in [1.54, 1.807) is 0 Å². The number of primary amides is 1. The van der Waals surface area contributed by atoms with Crippen LogP contribution in [0.15, 0.2) is 35.5 Å². The highest BCUT2D eigenvalue weighted by atomic mass is 16.2. The Morgan fingerprint density at radius 2 is 1.45 bits per heavy atom. The Balaban J connectivity index is 2.01. The van der Waals surface area contributed by atoms with E-state index in [0.717, 1.165) is 22.9 Å². The number of aliphatic imine (C=N–C) groups is 1. The highest BCUT2D eigenvalue weighted by molar-refractivity contribution is 5.83. The molecule has 2 rings (SSSR count). The van der Waals surface area contributed by atoms with Crippen LogP contribution in [0.4, 0.5) is 0 Å². The van der Waals surface area contributed by atoms with E-state index in [1.165, 1.54) is 0 Å². The normalized spacial score (nSPS) is 13.2. The SMILES string of the molecule is CCCC(=O)N[C@H](CCC(=O)N[C@@H](CCCN=C(N)N)CCC(=O)N[C@H](CCC(N)=O)C(C)C)Cc1c[nH]c2ccccc12. The van der Waals surface area contributed by atoms with Gasteiger partial charge in [-0.15, -0.1) is 0 Å². The lowest BCUT2D eigenvalue weighted by atomic mass is 9.98. The van der Waals surface area contributed by atoms with Crippen molar-refractivity contribution in [1.82, 2.24) is 20.9 Å². The van der Waals surface area contributed by atoms with Crippen molar-refractivity contribution >= 4 is 40.5 Å². The molecule has 0 unspecified atom stereocenters. The molecule has 0 aliphatic carbocycles. The molecule has 0 aliphatic rings. The summed E-state index contributed by atoms with van der Waals surface area (Å²) in [6, 6.07) is 7.37. The summed E-state index contributed by atoms with van der Waals surface area (Å²) in [4.78, 5) is 57.0. The van der Waals surface area contributed by atoms with Crippen LogP contribution in [0, 0.1) is 5.92 Å². The van der Waals surface area contributed by atoms with Crippen LogP contribution in [0.3, 0.4) is 0 Å². The van der Waals surface area contributed by atoms with Crippen molar-refractivity contribution in [2.45, 2.75) is 110 Å². The van der Waals surface area contributed by atoms with Crippen LogP contribution in [0.2, 0.25) is 0 Å². The van der Waals surface area contributed by atoms with Crippen molar-refractivity contribution in [2.75, 3.05) is 6.54 Å². The van der Waals surface area contributed by atoms with Crippen molar-refractivity contribution in [2.24, 2.45) is 28.1 Å². The van der Waals surface area contributed by atoms with E-state index in [1.807, 2.05) is 51.2 Å². The quantitative estimate of drug-likeness (QED) is 0.0639. The largest absolute Gasteiger partial charge is 0.370 e. The lowest BCUT2D eigenvalue weighted by molar-refractivity contribution is -0.125. The van der Waals surface area contributed by atoms with Gasteiger partial charge < -0.3 is 38.1 Å². The number of benzene rings is 1. The van der Waals surface area contributed by atoms with E-state index in [-0.39, 0.29) is 67.0 Å². The molecular weight excluding hydrogens is 560 g/mol. The highest BCUT2D eigenvalue weighted by Gasteiger charge is 2.21. The maximum absolute atomic E-state index is 13.1. The molecule has 0 saturated carbocycles. The third-order valence-electron chi connectivity index (χ3n) is 7.65. The number of amides is 4. The molecule has 0 saturated heterocycles. The molecule has 4 amide bonds. The maximum atomic E-state index is 13.1. The standard InChI is InChI=1S/C32H52N8O4/c1-4-8-29(42)39-24(19-22-20-37-27-11-6-5-10-25(22)27)13-17-30(43)38-23(9-7-18-36-32(34)35)12-16-31(44)40-26(21(2)3)14-15-28(33)41/h5-6,10-11,20-21,23-24,26,37H,4,7-9,12-19H2,1-3H3,(H2,33,41)(H,38,43)(H,39,42)(H,40,44)(H4,34,35,36)/t23-,24+,26+/m0/s1. The summed E-state index contributed by atoms with van der Waals surface area (Å²) in [5.41, 5.74) is 18.3. The Hall–Kier alpha value is -4.09. The number of nitrogens with one attached hydrogen (secondary N) is 4. The summed E-state index contributed by atoms with van der Waals surface area (Å²) in [7, 11) is 0. The molecule has 1 aromatic carbocycles. The zero-order valence-corrected chi connectivity index (χ0v) is 26.5. The Morgan fingerprint density at radius 1 is 0.818 bits per heavy atom. The topological polar surface area (TPSA) is 211 Å². The van der Waals surface area contributed by atoms with E-state index < -0.39 is 5.91 Å². The number of nitrogens with zero attached hydrogens (tertiary/aromatic N) is 1. The fourth-order valence-corrected chi connectivity index (χ4v) is 5.21. The molecule has 0 bridgehead atoms. The number of rotatable bonds is 21. The maximum Gasteiger partial charge on any atom is 0.220 e. The van der Waals surface area contributed by atoms with E-state index in [0.29, 0.717) is 51.5 Å². The third-order valence-corrected chi connectivity index (χ3v) is 7.65. The third kappa shape index (κ3) is 13.9. The summed E-state index contributed by atoms with van der Waals surface area (Å²) in [5.74, 6) is -0.573. The number of hydrogen-bond acceptors (Lipinski definition) is 5. The minimum Gasteiger partial charge on any atom is -0.370 e. The predicted octanol–water partition coefficient (Wildman–Crippen LogP) is 2.50. The summed E-state index contributed by atoms with van der Waals surface area (Å²) in [6.07, 6.45) is 6.97. The number of nitrogens with two attached hydrogens (primary N) is 3. The monoisotopic (exact) mass is 612 g/mol. The average Bonchev–Trinajstić information content (AvgIpc) is 3.37. The Morgan fingerprint density at radius 3 is 2.11 bits per heavy atom. The van der Waals surface area contributed by atoms with Gasteiger partial charge in [-0.05, 0) is 62.5 Å². The summed E-state index contributed by atoms with van der Waals surface area (Å²) < 4.78 is 0. The smallest absolute Gasteiger partial charge is 0.220 e. The number of H-pyrrole nitrogens is 1. The minimum absolute atomic E-state index is 0.00649. The lowest BCUT2D eigenvalue weighted by Gasteiger charge is -2.23. The van der Waals surface area contributed by atoms with Gasteiger partial charge in [0.05, 0.1) is 0 Å². The molecule has 0 aliphatic heterocycles. The molecule has 244 valence electrons. The minimum atomic E-state index is -0.401. The summed E-state index contributed by atoms with van der Waals surface area (Å²) in [5, 5.41) is 10.3. The summed E-state index contributed by atoms with van der Waals surface area (Å²) >= 11 is 0. The van der Waals surface area contributed by atoms with Gasteiger partial charge >= 0.3 is 0 Å². The molecule has 0 spiro atoms. The molecule has 10 N–H and O–H groups in total. The van der Waals surface area contributed by atoms with Gasteiger partial charge in [0.25, 0.3) is 0 Å². The zero-order chi connectivity index (χ0) is 32.5. The fourth-order valence-electron chi connectivity index (χ4n) is 5.21. The number of carbonyl (C=O) groups excluding carboxylic acids is 4. The summed E-state index contributed by atoms with van der Waals surface area (Å²) in [6.45, 7) is 6.34. The highest BCUT2D eigenvalue weighted by Crippen LogP contribution is 2.20. The Bertz CT molecular complexity index is 1240. The van der Waals surface area contributed by atoms with Gasteiger partial charge in [0.1, 0.15) is 0 Å². The second-order valence-corrected chi connectivity index (χ2v) is 11.8. The molecule has 1 heterocycles. The van der Waals surface area contributed by atoms with Crippen LogP contribution in [0.25, 0.3) is 10.9 Å². The van der Waals surface area contributed by atoms with E-state index in [2.05, 4.69) is 25.9 Å². The van der Waals surface area contributed by atoms with Crippen molar-refractivity contribution in [3.8, 4) is 0 Å². The van der Waals surface area contributed by atoms with Gasteiger partial charge in [-0.1, -0.05) is 39.0 Å². The molecular formula is C32H52N8O4. The number of hydrogen-bond donors (Lipinski definition) is 7. The van der Waals surface area contributed by atoms with Crippen molar-refractivity contribution < 1.29 is 19.2 Å². The van der Waals surface area contributed by atoms with Crippen LogP contribution in [0.1, 0.15) is 90.5 Å². The first kappa shape index (κ1) is 36.1. The number of aromatic nitrogens is 1. The first-order valence-corrected chi connectivity index (χ1v) is 15.7. The van der Waals surface area contributed by atoms with Gasteiger partial charge in [-0.2, -0.15) is 0 Å². The van der Waals surface area contributed by atoms with E-state index in [4.69, 9.17) is 17.2 Å². The van der Waals surface area contributed by atoms with Gasteiger partial charge in [-0.3, -0.25) is 24.2 Å². The molecule has 2 aromatic rings. The zero-order valence-electron chi connectivity index (χ0n) is 26.5.